The number of hydrogen-bond acceptors (Lipinski definition) is 4. The molecule has 32 heavy (non-hydrogen) atoms. The van der Waals surface area contributed by atoms with Crippen molar-refractivity contribution in [1.29, 1.82) is 0 Å². The molecule has 0 spiro atoms. The Morgan fingerprint density at radius 2 is 1.69 bits per heavy atom. The van der Waals surface area contributed by atoms with Crippen molar-refractivity contribution in [3.05, 3.63) is 63.6 Å². The van der Waals surface area contributed by atoms with Crippen molar-refractivity contribution in [2.45, 2.75) is 32.9 Å². The van der Waals surface area contributed by atoms with Crippen LogP contribution in [0.5, 0.6) is 0 Å². The average molecular weight is 500 g/mol. The second-order valence-corrected chi connectivity index (χ2v) is 10.1. The lowest BCUT2D eigenvalue weighted by atomic mass is 10.1. The Balaban J connectivity index is 2.43. The quantitative estimate of drug-likeness (QED) is 0.570. The predicted octanol–water partition coefficient (Wildman–Crippen LogP) is 3.62. The second kappa shape index (κ2) is 11.0. The Bertz CT molecular complexity index is 1080. The van der Waals surface area contributed by atoms with Crippen molar-refractivity contribution in [3.8, 4) is 0 Å². The number of halogens is 2. The number of nitrogens with zero attached hydrogens (tertiary/aromatic N) is 2. The maximum Gasteiger partial charge on any atom is 0.244 e. The van der Waals surface area contributed by atoms with Crippen molar-refractivity contribution >= 4 is 50.7 Å². The largest absolute Gasteiger partial charge is 0.357 e. The molecule has 0 aliphatic rings. The fourth-order valence-corrected chi connectivity index (χ4v) is 4.42. The third-order valence-corrected chi connectivity index (χ3v) is 6.85. The van der Waals surface area contributed by atoms with Crippen molar-refractivity contribution in [2.24, 2.45) is 0 Å². The van der Waals surface area contributed by atoms with Crippen LogP contribution in [0.4, 0.5) is 5.69 Å². The number of nitrogens with one attached hydrogen (secondary N) is 1. The van der Waals surface area contributed by atoms with Crippen molar-refractivity contribution in [2.75, 3.05) is 24.2 Å². The number of anilines is 1. The van der Waals surface area contributed by atoms with Gasteiger partial charge >= 0.3 is 0 Å². The molecule has 0 saturated heterocycles. The van der Waals surface area contributed by atoms with E-state index in [9.17, 15) is 18.0 Å². The summed E-state index contributed by atoms with van der Waals surface area (Å²) < 4.78 is 26.0. The molecule has 1 unspecified atom stereocenters. The highest BCUT2D eigenvalue weighted by Gasteiger charge is 2.31. The first-order chi connectivity index (χ1) is 15.0. The molecule has 2 amide bonds. The van der Waals surface area contributed by atoms with Gasteiger partial charge in [0.15, 0.2) is 0 Å². The summed E-state index contributed by atoms with van der Waals surface area (Å²) in [6, 6.07) is 11.0. The summed E-state index contributed by atoms with van der Waals surface area (Å²) in [5.74, 6) is -0.861. The standard InChI is InChI=1S/C22H27Cl2N3O4S/c1-5-20(22(29)25-3)26(13-16-8-11-18(23)19(24)12-16)21(28)14-27(32(4,30)31)17-9-6-15(2)7-10-17/h6-12,20H,5,13-14H2,1-4H3,(H,25,29). The van der Waals surface area contributed by atoms with Crippen molar-refractivity contribution < 1.29 is 18.0 Å². The van der Waals surface area contributed by atoms with Crippen LogP contribution in [0.3, 0.4) is 0 Å². The zero-order chi connectivity index (χ0) is 24.1. The van der Waals surface area contributed by atoms with Crippen LogP contribution in [0.15, 0.2) is 42.5 Å². The van der Waals surface area contributed by atoms with Crippen LogP contribution in [0.2, 0.25) is 10.0 Å². The van der Waals surface area contributed by atoms with E-state index < -0.39 is 28.5 Å². The van der Waals surface area contributed by atoms with E-state index in [1.165, 1.54) is 11.9 Å². The normalized spacial score (nSPS) is 12.2. The molecule has 0 radical (unpaired) electrons. The Labute approximate surface area is 199 Å². The fourth-order valence-electron chi connectivity index (χ4n) is 3.25. The van der Waals surface area contributed by atoms with Gasteiger partial charge in [0.2, 0.25) is 21.8 Å². The Morgan fingerprint density at radius 1 is 1.06 bits per heavy atom. The summed E-state index contributed by atoms with van der Waals surface area (Å²) in [4.78, 5) is 27.3. The SMILES string of the molecule is CCC(C(=O)NC)N(Cc1ccc(Cl)c(Cl)c1)C(=O)CN(c1ccc(C)cc1)S(C)(=O)=O. The summed E-state index contributed by atoms with van der Waals surface area (Å²) in [6.45, 7) is 3.28. The van der Waals surface area contributed by atoms with Gasteiger partial charge in [-0.15, -0.1) is 0 Å². The van der Waals surface area contributed by atoms with Crippen LogP contribution in [-0.2, 0) is 26.2 Å². The van der Waals surface area contributed by atoms with E-state index >= 15 is 0 Å². The molecule has 0 aromatic heterocycles. The highest BCUT2D eigenvalue weighted by atomic mass is 35.5. The molecule has 7 nitrogen and oxygen atoms in total. The number of likely N-dealkylation sites (N-methyl/N-ethyl adjacent to an activating group) is 1. The first-order valence-corrected chi connectivity index (χ1v) is 12.6. The number of carbonyl (C=O) groups excluding carboxylic acids is 2. The molecular formula is C22H27Cl2N3O4S. The van der Waals surface area contributed by atoms with Gasteiger partial charge < -0.3 is 10.2 Å². The van der Waals surface area contributed by atoms with E-state index in [0.29, 0.717) is 27.7 Å². The lowest BCUT2D eigenvalue weighted by Crippen LogP contribution is -2.51. The first-order valence-electron chi connectivity index (χ1n) is 9.97. The Morgan fingerprint density at radius 3 is 2.19 bits per heavy atom. The van der Waals surface area contributed by atoms with Gasteiger partial charge in [-0.25, -0.2) is 8.42 Å². The smallest absolute Gasteiger partial charge is 0.244 e. The Kier molecular flexibility index (Phi) is 8.95. The number of benzene rings is 2. The minimum absolute atomic E-state index is 0.0626. The minimum Gasteiger partial charge on any atom is -0.357 e. The lowest BCUT2D eigenvalue weighted by molar-refractivity contribution is -0.140. The van der Waals surface area contributed by atoms with Crippen LogP contribution in [-0.4, -0.2) is 51.0 Å². The molecular weight excluding hydrogens is 473 g/mol. The lowest BCUT2D eigenvalue weighted by Gasteiger charge is -2.32. The van der Waals surface area contributed by atoms with E-state index in [1.54, 1.807) is 49.4 Å². The summed E-state index contributed by atoms with van der Waals surface area (Å²) in [6.07, 6.45) is 1.38. The molecule has 0 heterocycles. The summed E-state index contributed by atoms with van der Waals surface area (Å²) in [7, 11) is -2.27. The van der Waals surface area contributed by atoms with E-state index in [2.05, 4.69) is 5.32 Å². The van der Waals surface area contributed by atoms with E-state index in [0.717, 1.165) is 16.1 Å². The molecule has 174 valence electrons. The number of amides is 2. The van der Waals surface area contributed by atoms with Crippen LogP contribution in [0, 0.1) is 6.92 Å². The van der Waals surface area contributed by atoms with Gasteiger partial charge in [-0.3, -0.25) is 13.9 Å². The van der Waals surface area contributed by atoms with E-state index in [1.807, 2.05) is 6.92 Å². The summed E-state index contributed by atoms with van der Waals surface area (Å²) >= 11 is 12.1. The average Bonchev–Trinajstić information content (AvgIpc) is 2.74. The molecule has 0 bridgehead atoms. The zero-order valence-electron chi connectivity index (χ0n) is 18.4. The molecule has 0 aliphatic carbocycles. The molecule has 2 aromatic rings. The number of carbonyl (C=O) groups is 2. The number of rotatable bonds is 9. The number of aryl methyl sites for hydroxylation is 1. The second-order valence-electron chi connectivity index (χ2n) is 7.41. The van der Waals surface area contributed by atoms with Gasteiger partial charge in [-0.1, -0.05) is 53.9 Å². The van der Waals surface area contributed by atoms with Crippen LogP contribution in [0.25, 0.3) is 0 Å². The van der Waals surface area contributed by atoms with Gasteiger partial charge in [-0.05, 0) is 43.2 Å². The van der Waals surface area contributed by atoms with E-state index in [-0.39, 0.29) is 12.5 Å². The molecule has 2 aromatic carbocycles. The maximum atomic E-state index is 13.4. The van der Waals surface area contributed by atoms with Crippen LogP contribution >= 0.6 is 23.2 Å². The highest BCUT2D eigenvalue weighted by Crippen LogP contribution is 2.25. The maximum absolute atomic E-state index is 13.4. The van der Waals surface area contributed by atoms with Gasteiger partial charge in [0, 0.05) is 13.6 Å². The molecule has 0 fully saturated rings. The van der Waals surface area contributed by atoms with Gasteiger partial charge in [0.05, 0.1) is 22.0 Å². The predicted molar refractivity (Wildman–Crippen MR) is 129 cm³/mol. The third-order valence-electron chi connectivity index (χ3n) is 4.97. The number of hydrogen-bond donors (Lipinski definition) is 1. The van der Waals surface area contributed by atoms with Crippen molar-refractivity contribution in [1.82, 2.24) is 10.2 Å². The fraction of sp³-hybridized carbons (Fsp3) is 0.364. The Hall–Kier alpha value is -2.29. The van der Waals surface area contributed by atoms with Gasteiger partial charge in [-0.2, -0.15) is 0 Å². The zero-order valence-corrected chi connectivity index (χ0v) is 20.8. The van der Waals surface area contributed by atoms with Gasteiger partial charge in [0.25, 0.3) is 0 Å². The monoisotopic (exact) mass is 499 g/mol. The minimum atomic E-state index is -3.76. The molecule has 10 heteroatoms. The number of sulfonamides is 1. The highest BCUT2D eigenvalue weighted by molar-refractivity contribution is 7.92. The van der Waals surface area contributed by atoms with E-state index in [4.69, 9.17) is 23.2 Å². The molecule has 1 N–H and O–H groups in total. The molecule has 2 rings (SSSR count). The molecule has 0 saturated carbocycles. The summed E-state index contributed by atoms with van der Waals surface area (Å²) in [5, 5.41) is 3.26. The van der Waals surface area contributed by atoms with Crippen LogP contribution in [0.1, 0.15) is 24.5 Å². The van der Waals surface area contributed by atoms with Crippen LogP contribution < -0.4 is 9.62 Å². The van der Waals surface area contributed by atoms with Crippen molar-refractivity contribution in [3.63, 3.8) is 0 Å². The summed E-state index contributed by atoms with van der Waals surface area (Å²) in [5.41, 5.74) is 1.99. The first kappa shape index (κ1) is 26.0. The topological polar surface area (TPSA) is 86.8 Å². The van der Waals surface area contributed by atoms with Gasteiger partial charge in [0.1, 0.15) is 12.6 Å². The molecule has 1 atom stereocenters. The molecule has 0 aliphatic heterocycles. The third kappa shape index (κ3) is 6.60.